The highest BCUT2D eigenvalue weighted by atomic mass is 79.9. The maximum absolute atomic E-state index is 11.1. The first kappa shape index (κ1) is 15.0. The summed E-state index contributed by atoms with van der Waals surface area (Å²) in [6.45, 7) is 0.908. The van der Waals surface area contributed by atoms with E-state index in [4.69, 9.17) is 0 Å². The van der Waals surface area contributed by atoms with E-state index in [-0.39, 0.29) is 17.4 Å². The molecule has 1 N–H and O–H groups in total. The summed E-state index contributed by atoms with van der Waals surface area (Å²) in [5.74, 6) is -0.213. The number of nitro groups is 1. The van der Waals surface area contributed by atoms with Gasteiger partial charge in [0.15, 0.2) is 0 Å². The predicted octanol–water partition coefficient (Wildman–Crippen LogP) is 4.22. The molecular formula is C17H17BrN2O2. The van der Waals surface area contributed by atoms with Crippen LogP contribution in [0.15, 0.2) is 46.9 Å². The predicted molar refractivity (Wildman–Crippen MR) is 91.1 cm³/mol. The Hall–Kier alpha value is -1.88. The highest BCUT2D eigenvalue weighted by Crippen LogP contribution is 2.31. The molecule has 2 aromatic carbocycles. The molecule has 1 aliphatic heterocycles. The zero-order valence-electron chi connectivity index (χ0n) is 12.1. The van der Waals surface area contributed by atoms with Crippen molar-refractivity contribution in [1.82, 2.24) is 0 Å². The molecular weight excluding hydrogens is 344 g/mol. The topological polar surface area (TPSA) is 55.2 Å². The lowest BCUT2D eigenvalue weighted by Crippen LogP contribution is -2.16. The van der Waals surface area contributed by atoms with Crippen LogP contribution in [0.1, 0.15) is 29.0 Å². The molecule has 0 amide bonds. The zero-order valence-corrected chi connectivity index (χ0v) is 13.7. The van der Waals surface area contributed by atoms with Gasteiger partial charge in [-0.25, -0.2) is 0 Å². The lowest BCUT2D eigenvalue weighted by molar-refractivity contribution is -0.481. The van der Waals surface area contributed by atoms with Gasteiger partial charge in [-0.3, -0.25) is 10.1 Å². The summed E-state index contributed by atoms with van der Waals surface area (Å²) in [6, 6.07) is 14.0. The first-order valence-electron chi connectivity index (χ1n) is 7.37. The number of fused-ring (bicyclic) bond motifs is 1. The summed E-state index contributed by atoms with van der Waals surface area (Å²) in [5.41, 5.74) is 4.41. The Balaban J connectivity index is 1.98. The summed E-state index contributed by atoms with van der Waals surface area (Å²) in [7, 11) is 0. The van der Waals surface area contributed by atoms with Crippen molar-refractivity contribution < 1.29 is 4.92 Å². The molecule has 0 saturated carbocycles. The van der Waals surface area contributed by atoms with E-state index in [2.05, 4.69) is 33.4 Å². The Kier molecular flexibility index (Phi) is 4.43. The summed E-state index contributed by atoms with van der Waals surface area (Å²) in [5, 5.41) is 14.5. The van der Waals surface area contributed by atoms with E-state index in [1.165, 1.54) is 5.56 Å². The standard InChI is InChI=1S/C17H17BrN2O2/c18-15-6-3-12(4-7-15)16(11-20(21)22)13-5-8-17-14(10-13)2-1-9-19-17/h3-8,10,16,19H,1-2,9,11H2/t16-/m0/s1. The van der Waals surface area contributed by atoms with Crippen molar-refractivity contribution in [2.75, 3.05) is 18.4 Å². The molecule has 1 heterocycles. The monoisotopic (exact) mass is 360 g/mol. The van der Waals surface area contributed by atoms with Gasteiger partial charge in [-0.2, -0.15) is 0 Å². The summed E-state index contributed by atoms with van der Waals surface area (Å²) in [6.07, 6.45) is 2.14. The van der Waals surface area contributed by atoms with Crippen molar-refractivity contribution in [2.24, 2.45) is 0 Å². The third kappa shape index (κ3) is 3.30. The quantitative estimate of drug-likeness (QED) is 0.656. The van der Waals surface area contributed by atoms with Crippen molar-refractivity contribution in [3.05, 3.63) is 73.7 Å². The number of aryl methyl sites for hydroxylation is 1. The SMILES string of the molecule is O=[N+]([O-])C[C@@H](c1ccc(Br)cc1)c1ccc2c(c1)CCCN2. The van der Waals surface area contributed by atoms with Crippen LogP contribution in [0.5, 0.6) is 0 Å². The van der Waals surface area contributed by atoms with Gasteiger partial charge in [0.2, 0.25) is 6.54 Å². The van der Waals surface area contributed by atoms with Crippen molar-refractivity contribution in [3.63, 3.8) is 0 Å². The van der Waals surface area contributed by atoms with Gasteiger partial charge >= 0.3 is 0 Å². The number of rotatable bonds is 4. The fourth-order valence-corrected chi connectivity index (χ4v) is 3.22. The van der Waals surface area contributed by atoms with Gasteiger partial charge in [0.05, 0.1) is 5.92 Å². The maximum Gasteiger partial charge on any atom is 0.214 e. The van der Waals surface area contributed by atoms with E-state index < -0.39 is 0 Å². The van der Waals surface area contributed by atoms with Crippen LogP contribution in [-0.4, -0.2) is 18.0 Å². The van der Waals surface area contributed by atoms with Crippen molar-refractivity contribution >= 4 is 21.6 Å². The van der Waals surface area contributed by atoms with Crippen molar-refractivity contribution in [1.29, 1.82) is 0 Å². The summed E-state index contributed by atoms with van der Waals surface area (Å²) >= 11 is 3.41. The molecule has 0 saturated heterocycles. The molecule has 0 spiro atoms. The minimum Gasteiger partial charge on any atom is -0.385 e. The number of anilines is 1. The summed E-state index contributed by atoms with van der Waals surface area (Å²) in [4.78, 5) is 10.9. The average molecular weight is 361 g/mol. The fourth-order valence-electron chi connectivity index (χ4n) is 2.96. The van der Waals surface area contributed by atoms with Crippen LogP contribution in [-0.2, 0) is 6.42 Å². The molecule has 22 heavy (non-hydrogen) atoms. The number of nitrogens with zero attached hydrogens (tertiary/aromatic N) is 1. The molecule has 0 aliphatic carbocycles. The Morgan fingerprint density at radius 1 is 1.18 bits per heavy atom. The number of hydrogen-bond acceptors (Lipinski definition) is 3. The van der Waals surface area contributed by atoms with Gasteiger partial charge in [0.25, 0.3) is 0 Å². The zero-order chi connectivity index (χ0) is 15.5. The first-order valence-corrected chi connectivity index (χ1v) is 8.17. The second-order valence-corrected chi connectivity index (χ2v) is 6.48. The van der Waals surface area contributed by atoms with Crippen LogP contribution in [0.3, 0.4) is 0 Å². The molecule has 114 valence electrons. The molecule has 0 fully saturated rings. The highest BCUT2D eigenvalue weighted by Gasteiger charge is 2.21. The Bertz CT molecular complexity index is 686. The molecule has 0 unspecified atom stereocenters. The van der Waals surface area contributed by atoms with E-state index in [0.29, 0.717) is 0 Å². The minimum atomic E-state index is -0.232. The Labute approximate surface area is 137 Å². The van der Waals surface area contributed by atoms with Crippen LogP contribution in [0.2, 0.25) is 0 Å². The lowest BCUT2D eigenvalue weighted by Gasteiger charge is -2.21. The second kappa shape index (κ2) is 6.48. The van der Waals surface area contributed by atoms with Crippen LogP contribution in [0.25, 0.3) is 0 Å². The van der Waals surface area contributed by atoms with E-state index in [9.17, 15) is 10.1 Å². The molecule has 2 aromatic rings. The molecule has 1 atom stereocenters. The van der Waals surface area contributed by atoms with Crippen LogP contribution in [0, 0.1) is 10.1 Å². The van der Waals surface area contributed by atoms with E-state index in [1.807, 2.05) is 30.3 Å². The van der Waals surface area contributed by atoms with Crippen LogP contribution >= 0.6 is 15.9 Å². The van der Waals surface area contributed by atoms with Gasteiger partial charge in [-0.15, -0.1) is 0 Å². The first-order chi connectivity index (χ1) is 10.6. The fraction of sp³-hybridized carbons (Fsp3) is 0.294. The maximum atomic E-state index is 11.1. The van der Waals surface area contributed by atoms with E-state index >= 15 is 0 Å². The van der Waals surface area contributed by atoms with Gasteiger partial charge < -0.3 is 5.32 Å². The van der Waals surface area contributed by atoms with E-state index in [1.54, 1.807) is 0 Å². The number of halogens is 1. The lowest BCUT2D eigenvalue weighted by atomic mass is 9.88. The van der Waals surface area contributed by atoms with Gasteiger partial charge in [0.1, 0.15) is 0 Å². The van der Waals surface area contributed by atoms with Crippen molar-refractivity contribution in [3.8, 4) is 0 Å². The van der Waals surface area contributed by atoms with Gasteiger partial charge in [0, 0.05) is 21.6 Å². The average Bonchev–Trinajstić information content (AvgIpc) is 2.53. The van der Waals surface area contributed by atoms with Crippen LogP contribution in [0.4, 0.5) is 5.69 Å². The number of hydrogen-bond donors (Lipinski definition) is 1. The third-order valence-electron chi connectivity index (χ3n) is 4.07. The normalized spacial score (nSPS) is 14.8. The second-order valence-electron chi connectivity index (χ2n) is 5.57. The van der Waals surface area contributed by atoms with E-state index in [0.717, 1.165) is 40.7 Å². The molecule has 4 nitrogen and oxygen atoms in total. The van der Waals surface area contributed by atoms with Crippen LogP contribution < -0.4 is 5.32 Å². The number of nitrogens with one attached hydrogen (secondary N) is 1. The summed E-state index contributed by atoms with van der Waals surface area (Å²) < 4.78 is 0.978. The van der Waals surface area contributed by atoms with Gasteiger partial charge in [-0.05, 0) is 47.7 Å². The molecule has 1 aliphatic rings. The number of benzene rings is 2. The minimum absolute atomic E-state index is 0.0894. The molecule has 5 heteroatoms. The smallest absolute Gasteiger partial charge is 0.214 e. The van der Waals surface area contributed by atoms with Crippen molar-refractivity contribution in [2.45, 2.75) is 18.8 Å². The Morgan fingerprint density at radius 2 is 1.91 bits per heavy atom. The van der Waals surface area contributed by atoms with Gasteiger partial charge in [-0.1, -0.05) is 40.2 Å². The largest absolute Gasteiger partial charge is 0.385 e. The molecule has 0 bridgehead atoms. The third-order valence-corrected chi connectivity index (χ3v) is 4.60. The molecule has 3 rings (SSSR count). The molecule has 0 radical (unpaired) electrons. The Morgan fingerprint density at radius 3 is 2.64 bits per heavy atom. The highest BCUT2D eigenvalue weighted by molar-refractivity contribution is 9.10. The molecule has 0 aromatic heterocycles.